The van der Waals surface area contributed by atoms with E-state index in [9.17, 15) is 0 Å². The van der Waals surface area contributed by atoms with Crippen molar-refractivity contribution in [3.63, 3.8) is 0 Å². The van der Waals surface area contributed by atoms with Crippen molar-refractivity contribution in [1.82, 2.24) is 0 Å². The Balaban J connectivity index is 1.10. The number of benzene rings is 9. The molecule has 0 atom stereocenters. The molecule has 9 aromatic carbocycles. The van der Waals surface area contributed by atoms with E-state index in [2.05, 4.69) is 187 Å². The predicted molar refractivity (Wildman–Crippen MR) is 229 cm³/mol. The first-order valence-electron chi connectivity index (χ1n) is 18.7. The molecule has 0 amide bonds. The Kier molecular flexibility index (Phi) is 7.17. The zero-order chi connectivity index (χ0) is 36.3. The van der Waals surface area contributed by atoms with Crippen molar-refractivity contribution < 1.29 is 8.83 Å². The summed E-state index contributed by atoms with van der Waals surface area (Å²) in [5.74, 6) is 0. The normalized spacial score (nSPS) is 11.6. The molecule has 2 aromatic heterocycles. The molecule has 3 heteroatoms. The molecule has 0 saturated carbocycles. The molecule has 2 heterocycles. The first-order valence-corrected chi connectivity index (χ1v) is 18.7. The largest absolute Gasteiger partial charge is 0.456 e. The van der Waals surface area contributed by atoms with Crippen LogP contribution in [-0.2, 0) is 0 Å². The van der Waals surface area contributed by atoms with Gasteiger partial charge in [-0.1, -0.05) is 152 Å². The Morgan fingerprint density at radius 3 is 1.62 bits per heavy atom. The summed E-state index contributed by atoms with van der Waals surface area (Å²) in [6, 6.07) is 70.9. The van der Waals surface area contributed by atoms with Crippen LogP contribution in [0.5, 0.6) is 0 Å². The van der Waals surface area contributed by atoms with Gasteiger partial charge in [0, 0.05) is 44.0 Å². The molecule has 11 aromatic rings. The summed E-state index contributed by atoms with van der Waals surface area (Å²) in [5, 5.41) is 6.90. The lowest BCUT2D eigenvalue weighted by molar-refractivity contribution is 0.669. The topological polar surface area (TPSA) is 29.5 Å². The van der Waals surface area contributed by atoms with E-state index >= 15 is 0 Å². The number of furan rings is 2. The maximum Gasteiger partial charge on any atom is 0.143 e. The SMILES string of the molecule is c1ccc(-c2ccc(N(c3ccc(-c4cccc5c4oc4ccccc45)cc3)c3ccccc3-c3cc4oc5ccccc5c4c4ccccc34)cc2)cc1. The molecule has 0 aliphatic rings. The molecule has 258 valence electrons. The molecule has 0 radical (unpaired) electrons. The smallest absolute Gasteiger partial charge is 0.143 e. The lowest BCUT2D eigenvalue weighted by atomic mass is 9.93. The molecular formula is C52H33NO2. The number of para-hydroxylation sites is 4. The van der Waals surface area contributed by atoms with Crippen LogP contribution < -0.4 is 4.90 Å². The summed E-state index contributed by atoms with van der Waals surface area (Å²) >= 11 is 0. The quantitative estimate of drug-likeness (QED) is 0.173. The van der Waals surface area contributed by atoms with Crippen LogP contribution in [0.15, 0.2) is 209 Å². The minimum Gasteiger partial charge on any atom is -0.456 e. The van der Waals surface area contributed by atoms with Crippen LogP contribution in [-0.4, -0.2) is 0 Å². The highest BCUT2D eigenvalue weighted by molar-refractivity contribution is 6.22. The van der Waals surface area contributed by atoms with Gasteiger partial charge < -0.3 is 13.7 Å². The van der Waals surface area contributed by atoms with Gasteiger partial charge in [-0.2, -0.15) is 0 Å². The van der Waals surface area contributed by atoms with Gasteiger partial charge in [-0.05, 0) is 81.6 Å². The van der Waals surface area contributed by atoms with E-state index in [1.165, 1.54) is 21.9 Å². The van der Waals surface area contributed by atoms with Crippen LogP contribution in [0.4, 0.5) is 17.1 Å². The third-order valence-corrected chi connectivity index (χ3v) is 10.9. The van der Waals surface area contributed by atoms with Crippen molar-refractivity contribution in [3.8, 4) is 33.4 Å². The Hall–Kier alpha value is -7.36. The van der Waals surface area contributed by atoms with Crippen LogP contribution in [0.2, 0.25) is 0 Å². The second-order valence-corrected chi connectivity index (χ2v) is 14.0. The highest BCUT2D eigenvalue weighted by Crippen LogP contribution is 2.46. The summed E-state index contributed by atoms with van der Waals surface area (Å²) in [6.07, 6.45) is 0. The molecule has 3 nitrogen and oxygen atoms in total. The molecule has 0 saturated heterocycles. The maximum atomic E-state index is 6.53. The molecule has 0 aliphatic heterocycles. The van der Waals surface area contributed by atoms with E-state index in [0.717, 1.165) is 83.2 Å². The molecule has 11 rings (SSSR count). The lowest BCUT2D eigenvalue weighted by Gasteiger charge is -2.28. The van der Waals surface area contributed by atoms with Gasteiger partial charge in [0.25, 0.3) is 0 Å². The average Bonchev–Trinajstić information content (AvgIpc) is 3.83. The highest BCUT2D eigenvalue weighted by atomic mass is 16.3. The van der Waals surface area contributed by atoms with Crippen molar-refractivity contribution >= 4 is 71.7 Å². The second-order valence-electron chi connectivity index (χ2n) is 14.0. The van der Waals surface area contributed by atoms with Gasteiger partial charge in [-0.15, -0.1) is 0 Å². The van der Waals surface area contributed by atoms with Crippen LogP contribution in [0.1, 0.15) is 0 Å². The van der Waals surface area contributed by atoms with E-state index in [4.69, 9.17) is 8.83 Å². The number of rotatable bonds is 6. The summed E-state index contributed by atoms with van der Waals surface area (Å²) in [5.41, 5.74) is 13.5. The van der Waals surface area contributed by atoms with E-state index in [1.54, 1.807) is 0 Å². The van der Waals surface area contributed by atoms with Crippen molar-refractivity contribution in [1.29, 1.82) is 0 Å². The summed E-state index contributed by atoms with van der Waals surface area (Å²) in [6.45, 7) is 0. The fourth-order valence-corrected chi connectivity index (χ4v) is 8.33. The number of fused-ring (bicyclic) bond motifs is 8. The number of hydrogen-bond acceptors (Lipinski definition) is 3. The van der Waals surface area contributed by atoms with Gasteiger partial charge in [0.2, 0.25) is 0 Å². The molecule has 0 spiro atoms. The zero-order valence-electron chi connectivity index (χ0n) is 29.8. The number of nitrogens with zero attached hydrogens (tertiary/aromatic N) is 1. The third-order valence-electron chi connectivity index (χ3n) is 10.9. The summed E-state index contributed by atoms with van der Waals surface area (Å²) in [4.78, 5) is 2.37. The Morgan fingerprint density at radius 2 is 0.855 bits per heavy atom. The van der Waals surface area contributed by atoms with Crippen LogP contribution >= 0.6 is 0 Å². The van der Waals surface area contributed by atoms with Crippen molar-refractivity contribution in [2.75, 3.05) is 4.90 Å². The van der Waals surface area contributed by atoms with Gasteiger partial charge in [0.05, 0.1) is 5.69 Å². The minimum atomic E-state index is 0.882. The lowest BCUT2D eigenvalue weighted by Crippen LogP contribution is -2.11. The maximum absolute atomic E-state index is 6.53. The van der Waals surface area contributed by atoms with Crippen LogP contribution in [0.3, 0.4) is 0 Å². The van der Waals surface area contributed by atoms with Crippen LogP contribution in [0, 0.1) is 0 Å². The summed E-state index contributed by atoms with van der Waals surface area (Å²) < 4.78 is 13.0. The van der Waals surface area contributed by atoms with E-state index in [1.807, 2.05) is 18.2 Å². The fourth-order valence-electron chi connectivity index (χ4n) is 8.33. The molecule has 0 N–H and O–H groups in total. The number of anilines is 3. The van der Waals surface area contributed by atoms with Gasteiger partial charge in [-0.3, -0.25) is 0 Å². The van der Waals surface area contributed by atoms with Gasteiger partial charge >= 0.3 is 0 Å². The predicted octanol–water partition coefficient (Wildman–Crippen LogP) is 15.1. The van der Waals surface area contributed by atoms with Crippen LogP contribution in [0.25, 0.3) is 88.0 Å². The molecule has 0 aliphatic carbocycles. The Bertz CT molecular complexity index is 3190. The molecule has 55 heavy (non-hydrogen) atoms. The second kappa shape index (κ2) is 12.6. The van der Waals surface area contributed by atoms with Gasteiger partial charge in [0.15, 0.2) is 0 Å². The average molecular weight is 704 g/mol. The molecular weight excluding hydrogens is 671 g/mol. The van der Waals surface area contributed by atoms with E-state index in [-0.39, 0.29) is 0 Å². The highest BCUT2D eigenvalue weighted by Gasteiger charge is 2.21. The minimum absolute atomic E-state index is 0.882. The molecule has 0 bridgehead atoms. The van der Waals surface area contributed by atoms with E-state index < -0.39 is 0 Å². The molecule has 0 unspecified atom stereocenters. The van der Waals surface area contributed by atoms with Gasteiger partial charge in [-0.25, -0.2) is 0 Å². The first-order chi connectivity index (χ1) is 27.3. The van der Waals surface area contributed by atoms with E-state index in [0.29, 0.717) is 0 Å². The first kappa shape index (κ1) is 31.2. The standard InChI is InChI=1S/C52H33NO2/c1-2-13-34(14-3-1)35-25-29-37(30-26-35)53(38-31-27-36(28-32-38)39-20-12-21-44-42-17-7-10-23-48(42)55-52(39)44)47-22-9-6-16-41(47)46-33-50-51(43-18-5-4-15-40(43)46)45-19-8-11-24-49(45)54-50/h1-33H. The third kappa shape index (κ3) is 5.13. The van der Waals surface area contributed by atoms with Crippen molar-refractivity contribution in [2.45, 2.75) is 0 Å². The Morgan fingerprint density at radius 1 is 0.309 bits per heavy atom. The molecule has 0 fully saturated rings. The Labute approximate surface area is 317 Å². The van der Waals surface area contributed by atoms with Crippen molar-refractivity contribution in [2.24, 2.45) is 0 Å². The number of hydrogen-bond donors (Lipinski definition) is 0. The summed E-state index contributed by atoms with van der Waals surface area (Å²) in [7, 11) is 0. The monoisotopic (exact) mass is 703 g/mol. The van der Waals surface area contributed by atoms with Gasteiger partial charge in [0.1, 0.15) is 22.3 Å². The zero-order valence-corrected chi connectivity index (χ0v) is 29.8. The van der Waals surface area contributed by atoms with Crippen molar-refractivity contribution in [3.05, 3.63) is 200 Å². The fraction of sp³-hybridized carbons (Fsp3) is 0.